The monoisotopic (exact) mass is 242 g/mol. The highest BCUT2D eigenvalue weighted by Crippen LogP contribution is 2.40. The molecule has 5 nitrogen and oxygen atoms in total. The van der Waals surface area contributed by atoms with Gasteiger partial charge in [-0.1, -0.05) is 6.58 Å². The molecule has 1 aliphatic carbocycles. The summed E-state index contributed by atoms with van der Waals surface area (Å²) in [4.78, 5) is 4.06. The van der Waals surface area contributed by atoms with Crippen LogP contribution in [0.3, 0.4) is 0 Å². The van der Waals surface area contributed by atoms with Crippen molar-refractivity contribution in [2.45, 2.75) is 25.3 Å². The molecule has 0 saturated heterocycles. The van der Waals surface area contributed by atoms with Gasteiger partial charge in [-0.25, -0.2) is 13.4 Å². The third kappa shape index (κ3) is 2.33. The van der Waals surface area contributed by atoms with E-state index in [4.69, 9.17) is 4.42 Å². The van der Waals surface area contributed by atoms with Crippen molar-refractivity contribution in [2.75, 3.05) is 7.05 Å². The van der Waals surface area contributed by atoms with Gasteiger partial charge in [0.15, 0.2) is 0 Å². The minimum absolute atomic E-state index is 0.140. The number of sulfonamides is 1. The fourth-order valence-electron chi connectivity index (χ4n) is 1.36. The molecule has 88 valence electrons. The van der Waals surface area contributed by atoms with Gasteiger partial charge in [0.1, 0.15) is 5.76 Å². The Labute approximate surface area is 94.8 Å². The lowest BCUT2D eigenvalue weighted by Crippen LogP contribution is -2.24. The van der Waals surface area contributed by atoms with Gasteiger partial charge in [0, 0.05) is 18.4 Å². The van der Waals surface area contributed by atoms with Crippen LogP contribution in [0.5, 0.6) is 0 Å². The van der Waals surface area contributed by atoms with Crippen molar-refractivity contribution in [2.24, 2.45) is 0 Å². The van der Waals surface area contributed by atoms with E-state index in [0.717, 1.165) is 28.3 Å². The molecule has 2 rings (SSSR count). The van der Waals surface area contributed by atoms with Crippen LogP contribution in [0, 0.1) is 0 Å². The largest absolute Gasteiger partial charge is 0.444 e. The Bertz CT molecular complexity index is 488. The van der Waals surface area contributed by atoms with Crippen LogP contribution in [0.4, 0.5) is 0 Å². The smallest absolute Gasteiger partial charge is 0.235 e. The Balaban J connectivity index is 2.05. The fourth-order valence-corrected chi connectivity index (χ4v) is 1.91. The first-order valence-corrected chi connectivity index (χ1v) is 6.56. The van der Waals surface area contributed by atoms with Crippen molar-refractivity contribution < 1.29 is 12.8 Å². The lowest BCUT2D eigenvalue weighted by Gasteiger charge is -2.11. The second kappa shape index (κ2) is 4.03. The highest BCUT2D eigenvalue weighted by molar-refractivity contribution is 7.91. The molecule has 1 aliphatic rings. The Morgan fingerprint density at radius 2 is 2.38 bits per heavy atom. The molecule has 0 unspecified atom stereocenters. The van der Waals surface area contributed by atoms with Crippen molar-refractivity contribution in [3.63, 3.8) is 0 Å². The van der Waals surface area contributed by atoms with E-state index in [9.17, 15) is 8.42 Å². The van der Waals surface area contributed by atoms with Gasteiger partial charge >= 0.3 is 0 Å². The minimum atomic E-state index is -3.39. The summed E-state index contributed by atoms with van der Waals surface area (Å²) in [5.74, 6) is 1.77. The number of nitrogens with zero attached hydrogens (tertiary/aromatic N) is 2. The van der Waals surface area contributed by atoms with Crippen LogP contribution in [0.2, 0.25) is 0 Å². The quantitative estimate of drug-likeness (QED) is 0.784. The van der Waals surface area contributed by atoms with E-state index in [1.54, 1.807) is 6.20 Å². The third-order valence-corrected chi connectivity index (χ3v) is 3.97. The van der Waals surface area contributed by atoms with Crippen molar-refractivity contribution in [1.29, 1.82) is 0 Å². The first-order chi connectivity index (χ1) is 7.53. The van der Waals surface area contributed by atoms with Crippen molar-refractivity contribution >= 4 is 10.0 Å². The normalized spacial score (nSPS) is 16.6. The number of aromatic nitrogens is 1. The zero-order chi connectivity index (χ0) is 11.8. The molecular weight excluding hydrogens is 228 g/mol. The van der Waals surface area contributed by atoms with Crippen molar-refractivity contribution in [1.82, 2.24) is 9.29 Å². The molecule has 16 heavy (non-hydrogen) atoms. The van der Waals surface area contributed by atoms with E-state index >= 15 is 0 Å². The van der Waals surface area contributed by atoms with Gasteiger partial charge in [-0.15, -0.1) is 0 Å². The summed E-state index contributed by atoms with van der Waals surface area (Å²) in [6, 6.07) is 0. The summed E-state index contributed by atoms with van der Waals surface area (Å²) in [7, 11) is -1.92. The van der Waals surface area contributed by atoms with Crippen LogP contribution in [0.25, 0.3) is 0 Å². The number of hydrogen-bond donors (Lipinski definition) is 0. The molecule has 0 atom stereocenters. The number of oxazole rings is 1. The van der Waals surface area contributed by atoms with Gasteiger partial charge in [0.05, 0.1) is 12.7 Å². The topological polar surface area (TPSA) is 63.4 Å². The summed E-state index contributed by atoms with van der Waals surface area (Å²) >= 11 is 0. The second-order valence-electron chi connectivity index (χ2n) is 3.90. The predicted octanol–water partition coefficient (Wildman–Crippen LogP) is 1.46. The molecule has 0 amide bonds. The van der Waals surface area contributed by atoms with E-state index in [1.165, 1.54) is 7.05 Å². The van der Waals surface area contributed by atoms with Crippen LogP contribution >= 0.6 is 0 Å². The van der Waals surface area contributed by atoms with Crippen LogP contribution in [-0.2, 0) is 16.6 Å². The first-order valence-electron chi connectivity index (χ1n) is 5.06. The summed E-state index contributed by atoms with van der Waals surface area (Å²) in [6.45, 7) is 3.40. The van der Waals surface area contributed by atoms with E-state index < -0.39 is 10.0 Å². The van der Waals surface area contributed by atoms with Crippen LogP contribution in [0.1, 0.15) is 30.4 Å². The van der Waals surface area contributed by atoms with Gasteiger partial charge < -0.3 is 4.42 Å². The minimum Gasteiger partial charge on any atom is -0.444 e. The summed E-state index contributed by atoms with van der Waals surface area (Å²) < 4.78 is 29.4. The maximum Gasteiger partial charge on any atom is 0.235 e. The molecule has 1 aromatic heterocycles. The molecular formula is C10H14N2O3S. The zero-order valence-corrected chi connectivity index (χ0v) is 9.90. The third-order valence-electron chi connectivity index (χ3n) is 2.55. The molecule has 0 spiro atoms. The Hall–Kier alpha value is -1.14. The summed E-state index contributed by atoms with van der Waals surface area (Å²) in [5, 5.41) is 0.914. The molecule has 1 fully saturated rings. The fraction of sp³-hybridized carbons (Fsp3) is 0.500. The number of hydrogen-bond acceptors (Lipinski definition) is 4. The van der Waals surface area contributed by atoms with E-state index in [0.29, 0.717) is 11.8 Å². The average Bonchev–Trinajstić information content (AvgIpc) is 3.00. The predicted molar refractivity (Wildman–Crippen MR) is 59.1 cm³/mol. The molecule has 1 aromatic rings. The maximum atomic E-state index is 11.4. The van der Waals surface area contributed by atoms with Gasteiger partial charge in [0.25, 0.3) is 0 Å². The van der Waals surface area contributed by atoms with Crippen LogP contribution in [-0.4, -0.2) is 24.8 Å². The standard InChI is InChI=1S/C10H14N2O3S/c1-3-16(13,14)12(2)7-10-11-6-9(15-10)8-4-5-8/h3,6,8H,1,4-5,7H2,2H3. The Morgan fingerprint density at radius 1 is 1.69 bits per heavy atom. The van der Waals surface area contributed by atoms with Crippen LogP contribution < -0.4 is 0 Å². The molecule has 0 aromatic carbocycles. The lowest BCUT2D eigenvalue weighted by molar-refractivity contribution is 0.384. The lowest BCUT2D eigenvalue weighted by atomic mass is 10.3. The molecule has 6 heteroatoms. The first kappa shape index (κ1) is 11.3. The van der Waals surface area contributed by atoms with Gasteiger partial charge in [-0.2, -0.15) is 4.31 Å². The second-order valence-corrected chi connectivity index (χ2v) is 5.88. The highest BCUT2D eigenvalue weighted by atomic mass is 32.2. The number of rotatable bonds is 5. The van der Waals surface area contributed by atoms with Gasteiger partial charge in [0.2, 0.25) is 15.9 Å². The van der Waals surface area contributed by atoms with Gasteiger partial charge in [-0.3, -0.25) is 0 Å². The van der Waals surface area contributed by atoms with Crippen molar-refractivity contribution in [3.8, 4) is 0 Å². The van der Waals surface area contributed by atoms with Crippen LogP contribution in [0.15, 0.2) is 22.6 Å². The van der Waals surface area contributed by atoms with E-state index in [2.05, 4.69) is 11.6 Å². The molecule has 0 radical (unpaired) electrons. The van der Waals surface area contributed by atoms with E-state index in [1.807, 2.05) is 0 Å². The van der Waals surface area contributed by atoms with Gasteiger partial charge in [-0.05, 0) is 12.8 Å². The summed E-state index contributed by atoms with van der Waals surface area (Å²) in [5.41, 5.74) is 0. The van der Waals surface area contributed by atoms with E-state index in [-0.39, 0.29) is 6.54 Å². The molecule has 0 N–H and O–H groups in total. The molecule has 0 aliphatic heterocycles. The molecule has 1 heterocycles. The Kier molecular flexibility index (Phi) is 2.86. The summed E-state index contributed by atoms with van der Waals surface area (Å²) in [6.07, 6.45) is 3.95. The van der Waals surface area contributed by atoms with Crippen molar-refractivity contribution in [3.05, 3.63) is 29.8 Å². The maximum absolute atomic E-state index is 11.4. The SMILES string of the molecule is C=CS(=O)(=O)N(C)Cc1ncc(C2CC2)o1. The zero-order valence-electron chi connectivity index (χ0n) is 9.09. The molecule has 1 saturated carbocycles. The molecule has 0 bridgehead atoms. The highest BCUT2D eigenvalue weighted by Gasteiger charge is 2.28. The average molecular weight is 242 g/mol. The Morgan fingerprint density at radius 3 is 2.94 bits per heavy atom.